The maximum absolute atomic E-state index is 12.1. The Morgan fingerprint density at radius 1 is 1.50 bits per heavy atom. The van der Waals surface area contributed by atoms with Crippen LogP contribution in [0.3, 0.4) is 0 Å². The molecule has 0 radical (unpaired) electrons. The van der Waals surface area contributed by atoms with Crippen LogP contribution in [0.1, 0.15) is 31.0 Å². The quantitative estimate of drug-likeness (QED) is 0.702. The molecule has 0 aromatic carbocycles. The van der Waals surface area contributed by atoms with E-state index < -0.39 is 5.54 Å². The maximum Gasteiger partial charge on any atom is 0.245 e. The fourth-order valence-electron chi connectivity index (χ4n) is 1.94. The Bertz CT molecular complexity index is 404. The number of aromatic amines is 1. The van der Waals surface area contributed by atoms with Gasteiger partial charge in [-0.2, -0.15) is 5.10 Å². The summed E-state index contributed by atoms with van der Waals surface area (Å²) in [5.41, 5.74) is 1.54. The number of hydrogen-bond acceptors (Lipinski definition) is 3. The average Bonchev–Trinajstić information content (AvgIpc) is 2.81. The van der Waals surface area contributed by atoms with Gasteiger partial charge in [-0.1, -0.05) is 0 Å². The second kappa shape index (κ2) is 3.90. The van der Waals surface area contributed by atoms with Gasteiger partial charge in [0.1, 0.15) is 0 Å². The van der Waals surface area contributed by atoms with Crippen molar-refractivity contribution in [3.05, 3.63) is 11.3 Å². The van der Waals surface area contributed by atoms with Gasteiger partial charge in [-0.05, 0) is 40.2 Å². The molecule has 88 valence electrons. The SMILES string of the molecule is Cc1[nH]nc(NC(=O)C2(C)CCCN2)c1C. The van der Waals surface area contributed by atoms with Crippen LogP contribution in [0.5, 0.6) is 0 Å². The lowest BCUT2D eigenvalue weighted by Gasteiger charge is -2.22. The van der Waals surface area contributed by atoms with E-state index in [0.29, 0.717) is 5.82 Å². The van der Waals surface area contributed by atoms with Crippen LogP contribution in [-0.2, 0) is 4.79 Å². The van der Waals surface area contributed by atoms with Crippen LogP contribution >= 0.6 is 0 Å². The summed E-state index contributed by atoms with van der Waals surface area (Å²) in [6, 6.07) is 0. The minimum absolute atomic E-state index is 0.000370. The van der Waals surface area contributed by atoms with Crippen LogP contribution < -0.4 is 10.6 Å². The zero-order chi connectivity index (χ0) is 11.8. The third-order valence-corrected chi connectivity index (χ3v) is 3.35. The van der Waals surface area contributed by atoms with Crippen LogP contribution in [0.2, 0.25) is 0 Å². The van der Waals surface area contributed by atoms with E-state index in [1.807, 2.05) is 20.8 Å². The van der Waals surface area contributed by atoms with E-state index in [-0.39, 0.29) is 5.91 Å². The van der Waals surface area contributed by atoms with Crippen molar-refractivity contribution in [2.45, 2.75) is 39.2 Å². The summed E-state index contributed by atoms with van der Waals surface area (Å²) in [6.45, 7) is 6.72. The molecule has 0 aliphatic carbocycles. The van der Waals surface area contributed by atoms with E-state index >= 15 is 0 Å². The molecule has 1 aromatic rings. The van der Waals surface area contributed by atoms with Crippen molar-refractivity contribution < 1.29 is 4.79 Å². The first-order valence-electron chi connectivity index (χ1n) is 5.61. The summed E-state index contributed by atoms with van der Waals surface area (Å²) >= 11 is 0. The van der Waals surface area contributed by atoms with Crippen molar-refractivity contribution in [2.75, 3.05) is 11.9 Å². The molecule has 0 spiro atoms. The van der Waals surface area contributed by atoms with E-state index in [1.54, 1.807) is 0 Å². The molecule has 0 bridgehead atoms. The van der Waals surface area contributed by atoms with Crippen molar-refractivity contribution in [1.29, 1.82) is 0 Å². The summed E-state index contributed by atoms with van der Waals surface area (Å²) in [4.78, 5) is 12.1. The van der Waals surface area contributed by atoms with E-state index in [4.69, 9.17) is 0 Å². The second-order valence-corrected chi connectivity index (χ2v) is 4.64. The minimum Gasteiger partial charge on any atom is -0.307 e. The van der Waals surface area contributed by atoms with Crippen molar-refractivity contribution in [2.24, 2.45) is 0 Å². The number of carbonyl (C=O) groups is 1. The molecule has 5 heteroatoms. The minimum atomic E-state index is -0.445. The standard InChI is InChI=1S/C11H18N4O/c1-7-8(2)14-15-9(7)13-10(16)11(3)5-4-6-12-11/h12H,4-6H2,1-3H3,(H2,13,14,15,16). The molecule has 1 fully saturated rings. The van der Waals surface area contributed by atoms with Crippen molar-refractivity contribution in [1.82, 2.24) is 15.5 Å². The normalized spacial score (nSPS) is 24.7. The van der Waals surface area contributed by atoms with Gasteiger partial charge in [-0.15, -0.1) is 0 Å². The summed E-state index contributed by atoms with van der Waals surface area (Å²) in [7, 11) is 0. The van der Waals surface area contributed by atoms with Crippen LogP contribution in [0, 0.1) is 13.8 Å². The lowest BCUT2D eigenvalue weighted by Crippen LogP contribution is -2.48. The molecule has 2 rings (SSSR count). The fraction of sp³-hybridized carbons (Fsp3) is 0.636. The number of aryl methyl sites for hydroxylation is 1. The van der Waals surface area contributed by atoms with E-state index in [9.17, 15) is 4.79 Å². The third kappa shape index (κ3) is 1.82. The number of nitrogens with zero attached hydrogens (tertiary/aromatic N) is 1. The molecule has 1 aliphatic rings. The van der Waals surface area contributed by atoms with Gasteiger partial charge in [0.05, 0.1) is 5.54 Å². The van der Waals surface area contributed by atoms with Gasteiger partial charge < -0.3 is 10.6 Å². The average molecular weight is 222 g/mol. The molecule has 1 atom stereocenters. The van der Waals surface area contributed by atoms with Gasteiger partial charge in [0.15, 0.2) is 5.82 Å². The van der Waals surface area contributed by atoms with E-state index in [1.165, 1.54) is 0 Å². The summed E-state index contributed by atoms with van der Waals surface area (Å²) in [5, 5.41) is 13.0. The predicted octanol–water partition coefficient (Wildman–Crippen LogP) is 1.11. The van der Waals surface area contributed by atoms with Gasteiger partial charge in [-0.3, -0.25) is 9.89 Å². The van der Waals surface area contributed by atoms with Gasteiger partial charge in [0.2, 0.25) is 5.91 Å². The number of rotatable bonds is 2. The van der Waals surface area contributed by atoms with Crippen molar-refractivity contribution in [3.8, 4) is 0 Å². The molecule has 1 unspecified atom stereocenters. The number of amides is 1. The van der Waals surface area contributed by atoms with Gasteiger partial charge in [0, 0.05) is 11.3 Å². The highest BCUT2D eigenvalue weighted by Gasteiger charge is 2.36. The molecule has 16 heavy (non-hydrogen) atoms. The van der Waals surface area contributed by atoms with Crippen LogP contribution in [-0.4, -0.2) is 28.2 Å². The second-order valence-electron chi connectivity index (χ2n) is 4.64. The van der Waals surface area contributed by atoms with Crippen molar-refractivity contribution >= 4 is 11.7 Å². The van der Waals surface area contributed by atoms with Gasteiger partial charge in [-0.25, -0.2) is 0 Å². The smallest absolute Gasteiger partial charge is 0.245 e. The highest BCUT2D eigenvalue weighted by Crippen LogP contribution is 2.21. The zero-order valence-electron chi connectivity index (χ0n) is 9.98. The number of hydrogen-bond donors (Lipinski definition) is 3. The monoisotopic (exact) mass is 222 g/mol. The van der Waals surface area contributed by atoms with E-state index in [2.05, 4.69) is 20.8 Å². The highest BCUT2D eigenvalue weighted by atomic mass is 16.2. The number of aromatic nitrogens is 2. The summed E-state index contributed by atoms with van der Waals surface area (Å²) < 4.78 is 0. The molecular formula is C11H18N4O. The number of H-pyrrole nitrogens is 1. The predicted molar refractivity (Wildman–Crippen MR) is 62.3 cm³/mol. The lowest BCUT2D eigenvalue weighted by molar-refractivity contribution is -0.121. The molecule has 1 amide bonds. The Morgan fingerprint density at radius 2 is 2.25 bits per heavy atom. The van der Waals surface area contributed by atoms with Crippen LogP contribution in [0.15, 0.2) is 0 Å². The van der Waals surface area contributed by atoms with Crippen LogP contribution in [0.25, 0.3) is 0 Å². The molecule has 1 saturated heterocycles. The number of anilines is 1. The Kier molecular flexibility index (Phi) is 2.71. The lowest BCUT2D eigenvalue weighted by atomic mass is 9.99. The van der Waals surface area contributed by atoms with E-state index in [0.717, 1.165) is 30.6 Å². The Labute approximate surface area is 95.0 Å². The summed E-state index contributed by atoms with van der Waals surface area (Å²) in [6.07, 6.45) is 1.92. The van der Waals surface area contributed by atoms with Crippen molar-refractivity contribution in [3.63, 3.8) is 0 Å². The Hall–Kier alpha value is -1.36. The topological polar surface area (TPSA) is 69.8 Å². The maximum atomic E-state index is 12.1. The molecule has 2 heterocycles. The molecule has 0 saturated carbocycles. The zero-order valence-corrected chi connectivity index (χ0v) is 9.98. The Morgan fingerprint density at radius 3 is 2.75 bits per heavy atom. The summed E-state index contributed by atoms with van der Waals surface area (Å²) in [5.74, 6) is 0.636. The number of nitrogens with one attached hydrogen (secondary N) is 3. The first-order chi connectivity index (χ1) is 7.53. The largest absolute Gasteiger partial charge is 0.307 e. The molecule has 1 aromatic heterocycles. The molecular weight excluding hydrogens is 204 g/mol. The van der Waals surface area contributed by atoms with Gasteiger partial charge >= 0.3 is 0 Å². The fourth-order valence-corrected chi connectivity index (χ4v) is 1.94. The first-order valence-corrected chi connectivity index (χ1v) is 5.61. The molecule has 3 N–H and O–H groups in total. The highest BCUT2D eigenvalue weighted by molar-refractivity contribution is 5.97. The molecule has 5 nitrogen and oxygen atoms in total. The van der Waals surface area contributed by atoms with Gasteiger partial charge in [0.25, 0.3) is 0 Å². The third-order valence-electron chi connectivity index (χ3n) is 3.35. The first kappa shape index (κ1) is 11.1. The van der Waals surface area contributed by atoms with Crippen LogP contribution in [0.4, 0.5) is 5.82 Å². The number of carbonyl (C=O) groups excluding carboxylic acids is 1. The molecule has 1 aliphatic heterocycles. The Balaban J connectivity index is 2.10.